The van der Waals surface area contributed by atoms with Gasteiger partial charge in [0.25, 0.3) is 10.0 Å². The maximum absolute atomic E-state index is 12.4. The van der Waals surface area contributed by atoms with Gasteiger partial charge in [0.15, 0.2) is 10.9 Å². The number of carboxylic acid groups (broad SMARTS) is 1. The molecule has 2 atom stereocenters. The molecule has 34 heavy (non-hydrogen) atoms. The molecule has 2 aromatic heterocycles. The molecule has 1 fully saturated rings. The van der Waals surface area contributed by atoms with E-state index in [-0.39, 0.29) is 23.3 Å². The molecule has 3 rings (SSSR count). The van der Waals surface area contributed by atoms with E-state index in [1.165, 1.54) is 44.4 Å². The number of pyridine rings is 1. The summed E-state index contributed by atoms with van der Waals surface area (Å²) in [5.41, 5.74) is -0.517. The van der Waals surface area contributed by atoms with Crippen molar-refractivity contribution in [1.29, 1.82) is 0 Å². The van der Waals surface area contributed by atoms with Crippen molar-refractivity contribution in [2.24, 2.45) is 17.3 Å². The first-order chi connectivity index (χ1) is 16.1. The lowest BCUT2D eigenvalue weighted by Crippen LogP contribution is -2.34. The average molecular weight is 493 g/mol. The van der Waals surface area contributed by atoms with Crippen LogP contribution in [0, 0.1) is 17.3 Å². The topological polar surface area (TPSA) is 135 Å². The summed E-state index contributed by atoms with van der Waals surface area (Å²) < 4.78 is 32.8. The highest BCUT2D eigenvalue weighted by Gasteiger charge is 2.41. The van der Waals surface area contributed by atoms with E-state index < -0.39 is 33.2 Å². The smallest absolute Gasteiger partial charge is 0.307 e. The second-order valence-electron chi connectivity index (χ2n) is 10.3. The second-order valence-corrected chi connectivity index (χ2v) is 12.0. The lowest BCUT2D eigenvalue weighted by Gasteiger charge is -2.32. The van der Waals surface area contributed by atoms with Gasteiger partial charge < -0.3 is 9.63 Å². The molecule has 1 saturated carbocycles. The van der Waals surface area contributed by atoms with E-state index in [9.17, 15) is 18.3 Å². The van der Waals surface area contributed by atoms with Gasteiger partial charge >= 0.3 is 5.97 Å². The van der Waals surface area contributed by atoms with Crippen molar-refractivity contribution < 1.29 is 22.8 Å². The normalized spacial score (nSPS) is 17.4. The van der Waals surface area contributed by atoms with Crippen LogP contribution in [-0.4, -0.2) is 34.6 Å². The maximum Gasteiger partial charge on any atom is 0.307 e. The Balaban J connectivity index is 1.73. The molecule has 2 heterocycles. The van der Waals surface area contributed by atoms with Crippen LogP contribution in [-0.2, 0) is 21.4 Å². The fourth-order valence-corrected chi connectivity index (χ4v) is 5.83. The minimum Gasteiger partial charge on any atom is -0.481 e. The summed E-state index contributed by atoms with van der Waals surface area (Å²) in [6.45, 7) is 5.53. The van der Waals surface area contributed by atoms with Gasteiger partial charge in [0.1, 0.15) is 0 Å². The van der Waals surface area contributed by atoms with E-state index in [1.807, 2.05) is 20.8 Å². The van der Waals surface area contributed by atoms with Gasteiger partial charge in [-0.05, 0) is 29.9 Å². The number of nitrogens with one attached hydrogen (secondary N) is 1. The molecule has 0 aromatic carbocycles. The van der Waals surface area contributed by atoms with E-state index in [0.717, 1.165) is 12.8 Å². The molecule has 1 aliphatic rings. The predicted octanol–water partition coefficient (Wildman–Crippen LogP) is 4.52. The number of carboxylic acids is 1. The zero-order valence-electron chi connectivity index (χ0n) is 20.2. The van der Waals surface area contributed by atoms with Crippen molar-refractivity contribution in [2.75, 3.05) is 0 Å². The summed E-state index contributed by atoms with van der Waals surface area (Å²) in [6, 6.07) is 4.62. The van der Waals surface area contributed by atoms with E-state index >= 15 is 0 Å². The van der Waals surface area contributed by atoms with Gasteiger partial charge in [0.05, 0.1) is 18.4 Å². The lowest BCUT2D eigenvalue weighted by atomic mass is 9.71. The molecule has 0 aliphatic heterocycles. The van der Waals surface area contributed by atoms with Crippen LogP contribution in [0.4, 0.5) is 0 Å². The fourth-order valence-electron chi connectivity index (χ4n) is 4.91. The third kappa shape index (κ3) is 7.09. The summed E-state index contributed by atoms with van der Waals surface area (Å²) in [5.74, 6) is -0.952. The first-order valence-corrected chi connectivity index (χ1v) is 13.5. The Kier molecular flexibility index (Phi) is 8.81. The standard InChI is InChI=1S/C24H36N4O5S/c1-24(2,3)21(23(29)30)18(13-9-12-17-10-5-4-6-11-17)22-27-19(28-33-22)16-26-34(31,32)20-14-7-8-15-25-20/h7-8,14-15,17-18,21,26H,4-6,9-13,16H2,1-3H3,(H,29,30)/t18-,21?/m1/s1. The molecule has 0 bridgehead atoms. The molecular weight excluding hydrogens is 456 g/mol. The zero-order chi connectivity index (χ0) is 24.8. The fraction of sp³-hybridized carbons (Fsp3) is 0.667. The summed E-state index contributed by atoms with van der Waals surface area (Å²) in [5, 5.41) is 13.9. The molecular formula is C24H36N4O5S. The number of carbonyl (C=O) groups is 1. The van der Waals surface area contributed by atoms with Crippen LogP contribution in [0.5, 0.6) is 0 Å². The first kappa shape index (κ1) is 26.3. The number of aromatic nitrogens is 3. The highest BCUT2D eigenvalue weighted by atomic mass is 32.2. The number of nitrogens with zero attached hydrogens (tertiary/aromatic N) is 3. The minimum absolute atomic E-state index is 0.0991. The van der Waals surface area contributed by atoms with Gasteiger partial charge in [-0.2, -0.15) is 4.98 Å². The number of hydrogen-bond donors (Lipinski definition) is 2. The predicted molar refractivity (Wildman–Crippen MR) is 126 cm³/mol. The Labute approximate surface area is 201 Å². The lowest BCUT2D eigenvalue weighted by molar-refractivity contribution is -0.147. The third-order valence-electron chi connectivity index (χ3n) is 6.59. The average Bonchev–Trinajstić information content (AvgIpc) is 3.26. The van der Waals surface area contributed by atoms with Gasteiger partial charge in [0.2, 0.25) is 5.89 Å². The molecule has 0 saturated heterocycles. The van der Waals surface area contributed by atoms with E-state index in [4.69, 9.17) is 4.52 Å². The summed E-state index contributed by atoms with van der Waals surface area (Å²) in [4.78, 5) is 20.5. The molecule has 188 valence electrons. The van der Waals surface area contributed by atoms with Crippen LogP contribution in [0.3, 0.4) is 0 Å². The van der Waals surface area contributed by atoms with Crippen molar-refractivity contribution in [3.63, 3.8) is 0 Å². The van der Waals surface area contributed by atoms with Crippen molar-refractivity contribution in [2.45, 2.75) is 89.6 Å². The number of aliphatic carboxylic acids is 1. The molecule has 10 heteroatoms. The van der Waals surface area contributed by atoms with Gasteiger partial charge in [0, 0.05) is 6.20 Å². The Morgan fingerprint density at radius 2 is 1.97 bits per heavy atom. The van der Waals surface area contributed by atoms with E-state index in [0.29, 0.717) is 12.3 Å². The highest BCUT2D eigenvalue weighted by Crippen LogP contribution is 2.41. The van der Waals surface area contributed by atoms with Crippen molar-refractivity contribution in [1.82, 2.24) is 19.8 Å². The van der Waals surface area contributed by atoms with Crippen molar-refractivity contribution >= 4 is 16.0 Å². The molecule has 2 aromatic rings. The Morgan fingerprint density at radius 1 is 1.24 bits per heavy atom. The van der Waals surface area contributed by atoms with Crippen LogP contribution < -0.4 is 4.72 Å². The van der Waals surface area contributed by atoms with Crippen LogP contribution in [0.25, 0.3) is 0 Å². The summed E-state index contributed by atoms with van der Waals surface area (Å²) in [6.07, 6.45) is 10.3. The van der Waals surface area contributed by atoms with Gasteiger partial charge in [-0.15, -0.1) is 0 Å². The molecule has 0 spiro atoms. The minimum atomic E-state index is -3.83. The number of hydrogen-bond acceptors (Lipinski definition) is 7. The Bertz CT molecular complexity index is 1030. The Hall–Kier alpha value is -2.33. The SMILES string of the molecule is CC(C)(C)C(C(=O)O)[C@@H](CCCC1CCCCC1)c1nc(CNS(=O)(=O)c2ccccn2)no1. The summed E-state index contributed by atoms with van der Waals surface area (Å²) in [7, 11) is -3.83. The van der Waals surface area contributed by atoms with Crippen LogP contribution in [0.15, 0.2) is 33.9 Å². The highest BCUT2D eigenvalue weighted by molar-refractivity contribution is 7.89. The second kappa shape index (κ2) is 11.4. The van der Waals surface area contributed by atoms with Gasteiger partial charge in [-0.3, -0.25) is 4.79 Å². The molecule has 1 unspecified atom stereocenters. The molecule has 2 N–H and O–H groups in total. The van der Waals surface area contributed by atoms with Gasteiger partial charge in [-0.1, -0.05) is 76.9 Å². The third-order valence-corrected chi connectivity index (χ3v) is 7.90. The zero-order valence-corrected chi connectivity index (χ0v) is 21.1. The number of rotatable bonds is 11. The van der Waals surface area contributed by atoms with Crippen molar-refractivity contribution in [3.8, 4) is 0 Å². The molecule has 0 amide bonds. The van der Waals surface area contributed by atoms with E-state index in [2.05, 4.69) is 19.8 Å². The molecule has 1 aliphatic carbocycles. The largest absolute Gasteiger partial charge is 0.481 e. The van der Waals surface area contributed by atoms with Crippen LogP contribution in [0.1, 0.15) is 89.8 Å². The number of sulfonamides is 1. The van der Waals surface area contributed by atoms with Crippen LogP contribution in [0.2, 0.25) is 0 Å². The van der Waals surface area contributed by atoms with Crippen molar-refractivity contribution in [3.05, 3.63) is 36.1 Å². The monoisotopic (exact) mass is 492 g/mol. The summed E-state index contributed by atoms with van der Waals surface area (Å²) >= 11 is 0. The quantitative estimate of drug-likeness (QED) is 0.467. The maximum atomic E-state index is 12.4. The molecule has 0 radical (unpaired) electrons. The van der Waals surface area contributed by atoms with E-state index in [1.54, 1.807) is 12.1 Å². The van der Waals surface area contributed by atoms with Crippen LogP contribution >= 0.6 is 0 Å². The van der Waals surface area contributed by atoms with Gasteiger partial charge in [-0.25, -0.2) is 18.1 Å². The first-order valence-electron chi connectivity index (χ1n) is 12.0. The Morgan fingerprint density at radius 3 is 2.59 bits per heavy atom. The molecule has 9 nitrogen and oxygen atoms in total.